The summed E-state index contributed by atoms with van der Waals surface area (Å²) < 4.78 is 82.2. The molecule has 1 aromatic carbocycles. The summed E-state index contributed by atoms with van der Waals surface area (Å²) in [5, 5.41) is 0.259. The van der Waals surface area contributed by atoms with Crippen LogP contribution in [0.3, 0.4) is 0 Å². The minimum atomic E-state index is -3.38. The Bertz CT molecular complexity index is 778. The summed E-state index contributed by atoms with van der Waals surface area (Å²) in [5.41, 5.74) is 0.254. The Labute approximate surface area is 110 Å². The lowest BCUT2D eigenvalue weighted by Crippen LogP contribution is -2.14. The molecule has 0 radical (unpaired) electrons. The normalized spacial score (nSPS) is 23.9. The molecule has 0 amide bonds. The molecule has 0 bridgehead atoms. The van der Waals surface area contributed by atoms with Crippen LogP contribution in [0.4, 0.5) is 0 Å². The summed E-state index contributed by atoms with van der Waals surface area (Å²) >= 11 is 0. The van der Waals surface area contributed by atoms with Crippen molar-refractivity contribution in [2.24, 2.45) is 0 Å². The van der Waals surface area contributed by atoms with E-state index in [1.807, 2.05) is 0 Å². The van der Waals surface area contributed by atoms with Crippen LogP contribution >= 0.6 is 0 Å². The van der Waals surface area contributed by atoms with Crippen LogP contribution in [0.2, 0.25) is 0 Å². The fourth-order valence-corrected chi connectivity index (χ4v) is 1.45. The predicted molar refractivity (Wildman–Crippen MR) is 67.1 cm³/mol. The Morgan fingerprint density at radius 3 is 3.12 bits per heavy atom. The first kappa shape index (κ1) is 4.08. The Balaban J connectivity index is 2.67. The summed E-state index contributed by atoms with van der Waals surface area (Å²) in [6.07, 6.45) is -1.78. The quantitative estimate of drug-likeness (QED) is 0.869. The summed E-state index contributed by atoms with van der Waals surface area (Å²) in [5.74, 6) is 0.387. The van der Waals surface area contributed by atoms with E-state index in [0.717, 1.165) is 0 Å². The van der Waals surface area contributed by atoms with Gasteiger partial charge in [0.15, 0.2) is 0 Å². The number of fused-ring (bicyclic) bond motifs is 1. The van der Waals surface area contributed by atoms with Crippen LogP contribution in [0.1, 0.15) is 19.3 Å². The lowest BCUT2D eigenvalue weighted by atomic mass is 10.1. The third kappa shape index (κ3) is 2.19. The van der Waals surface area contributed by atoms with Gasteiger partial charge in [-0.05, 0) is 44.1 Å². The van der Waals surface area contributed by atoms with E-state index in [9.17, 15) is 0 Å². The fourth-order valence-electron chi connectivity index (χ4n) is 1.45. The van der Waals surface area contributed by atoms with Gasteiger partial charge in [0.05, 0.1) is 7.11 Å². The monoisotopic (exact) mass is 228 g/mol. The number of hydrogen-bond acceptors (Lipinski definition) is 2. The number of H-pyrrole nitrogens is 1. The van der Waals surface area contributed by atoms with E-state index < -0.39 is 26.8 Å². The van der Waals surface area contributed by atoms with Crippen molar-refractivity contribution >= 4 is 10.9 Å². The second kappa shape index (κ2) is 4.58. The number of nitrogens with zero attached hydrogens (tertiary/aromatic N) is 1. The highest BCUT2D eigenvalue weighted by atomic mass is 16.5. The molecule has 0 fully saturated rings. The van der Waals surface area contributed by atoms with Crippen molar-refractivity contribution < 1.29 is 18.4 Å². The molecule has 2 rings (SSSR count). The van der Waals surface area contributed by atoms with Gasteiger partial charge < -0.3 is 14.6 Å². The lowest BCUT2D eigenvalue weighted by Gasteiger charge is -2.08. The van der Waals surface area contributed by atoms with Crippen molar-refractivity contribution in [2.75, 3.05) is 27.6 Å². The molecule has 0 atom stereocenters. The molecule has 0 spiro atoms. The highest BCUT2D eigenvalue weighted by Crippen LogP contribution is 2.23. The van der Waals surface area contributed by atoms with Crippen molar-refractivity contribution in [1.82, 2.24) is 9.88 Å². The Hall–Kier alpha value is -1.48. The molecule has 0 aliphatic rings. The van der Waals surface area contributed by atoms with Gasteiger partial charge in [0.25, 0.3) is 0 Å². The molecule has 16 heavy (non-hydrogen) atoms. The van der Waals surface area contributed by atoms with E-state index >= 15 is 0 Å². The molecule has 3 heteroatoms. The van der Waals surface area contributed by atoms with Gasteiger partial charge in [-0.15, -0.1) is 0 Å². The maximum Gasteiger partial charge on any atom is 0.119 e. The van der Waals surface area contributed by atoms with Crippen LogP contribution in [0.5, 0.6) is 5.75 Å². The molecular formula is C13H18N2O. The first-order chi connectivity index (χ1) is 11.6. The Kier molecular flexibility index (Phi) is 1.17. The number of nitrogens with one attached hydrogen (secondary N) is 1. The summed E-state index contributed by atoms with van der Waals surface area (Å²) in [6, 6.07) is 4.67. The number of aryl methyl sites for hydroxylation is 1. The maximum absolute atomic E-state index is 8.28. The highest BCUT2D eigenvalue weighted by Gasteiger charge is 2.05. The van der Waals surface area contributed by atoms with E-state index in [0.29, 0.717) is 11.3 Å². The number of methoxy groups -OCH3 is 1. The van der Waals surface area contributed by atoms with E-state index in [4.69, 9.17) is 18.4 Å². The Morgan fingerprint density at radius 2 is 2.38 bits per heavy atom. The number of benzene rings is 1. The van der Waals surface area contributed by atoms with Gasteiger partial charge in [0, 0.05) is 37.3 Å². The first-order valence-electron chi connectivity index (χ1n) is 9.60. The smallest absolute Gasteiger partial charge is 0.119 e. The van der Waals surface area contributed by atoms with Gasteiger partial charge in [-0.3, -0.25) is 0 Å². The molecule has 0 aliphatic carbocycles. The maximum atomic E-state index is 8.28. The fraction of sp³-hybridized carbons (Fsp3) is 0.385. The zero-order valence-electron chi connectivity index (χ0n) is 18.7. The van der Waals surface area contributed by atoms with E-state index in [1.165, 1.54) is 19.4 Å². The van der Waals surface area contributed by atoms with Gasteiger partial charge in [-0.2, -0.15) is 0 Å². The molecule has 0 saturated carbocycles. The summed E-state index contributed by atoms with van der Waals surface area (Å²) in [4.78, 5) is 2.39. The van der Waals surface area contributed by atoms with Crippen LogP contribution in [-0.4, -0.2) is 37.4 Å². The number of aromatic nitrogens is 1. The van der Waals surface area contributed by atoms with Crippen molar-refractivity contribution in [2.45, 2.75) is 6.37 Å². The molecule has 0 unspecified atom stereocenters. The van der Waals surface area contributed by atoms with E-state index in [2.05, 4.69) is 4.98 Å². The highest BCUT2D eigenvalue weighted by molar-refractivity contribution is 5.84. The second-order valence-corrected chi connectivity index (χ2v) is 3.19. The van der Waals surface area contributed by atoms with Crippen LogP contribution < -0.4 is 4.74 Å². The number of rotatable bonds is 4. The molecule has 3 nitrogen and oxygen atoms in total. The zero-order valence-corrected chi connectivity index (χ0v) is 8.66. The average Bonchev–Trinajstić information content (AvgIpc) is 2.86. The van der Waals surface area contributed by atoms with Crippen LogP contribution in [0.15, 0.2) is 24.4 Å². The van der Waals surface area contributed by atoms with Crippen LogP contribution in [-0.2, 0) is 6.37 Å². The summed E-state index contributed by atoms with van der Waals surface area (Å²) in [6.45, 7) is -10.1. The minimum absolute atomic E-state index is 0.213. The van der Waals surface area contributed by atoms with Gasteiger partial charge >= 0.3 is 0 Å². The lowest BCUT2D eigenvalue weighted by molar-refractivity contribution is 0.413. The number of likely N-dealkylation sites (N-methyl/N-ethyl adjacent to an activating group) is 1. The van der Waals surface area contributed by atoms with Crippen molar-refractivity contribution in [3.05, 3.63) is 30.0 Å². The minimum Gasteiger partial charge on any atom is -0.497 e. The first-order valence-corrected chi connectivity index (χ1v) is 4.60. The van der Waals surface area contributed by atoms with Gasteiger partial charge in [-0.1, -0.05) is 0 Å². The van der Waals surface area contributed by atoms with Crippen LogP contribution in [0, 0.1) is 0 Å². The van der Waals surface area contributed by atoms with Gasteiger partial charge in [-0.25, -0.2) is 0 Å². The molecule has 0 saturated heterocycles. The largest absolute Gasteiger partial charge is 0.497 e. The molecule has 2 aromatic rings. The molecule has 1 N–H and O–H groups in total. The van der Waals surface area contributed by atoms with Crippen molar-refractivity contribution in [3.8, 4) is 5.75 Å². The van der Waals surface area contributed by atoms with Crippen molar-refractivity contribution in [3.63, 3.8) is 0 Å². The summed E-state index contributed by atoms with van der Waals surface area (Å²) in [7, 11) is 1.41. The second-order valence-electron chi connectivity index (χ2n) is 3.19. The van der Waals surface area contributed by atoms with Gasteiger partial charge in [0.2, 0.25) is 0 Å². The average molecular weight is 228 g/mol. The zero-order chi connectivity index (χ0) is 20.1. The van der Waals surface area contributed by atoms with E-state index in [1.54, 1.807) is 12.1 Å². The SMILES string of the molecule is [2H]C([2H])([2H])N(C([2H])([2H])[2H])C([2H])([2H])C([2H])([2H])c1c[nH]c2ccc(OC)cc12. The third-order valence-electron chi connectivity index (χ3n) is 2.19. The molecule has 86 valence electrons. The third-order valence-corrected chi connectivity index (χ3v) is 2.19. The topological polar surface area (TPSA) is 28.3 Å². The number of aromatic amines is 1. The van der Waals surface area contributed by atoms with Crippen molar-refractivity contribution in [1.29, 1.82) is 0 Å². The standard InChI is InChI=1S/C13H18N2O/c1-15(2)7-6-10-9-14-13-5-4-11(16-3)8-12(10)13/h4-5,8-9,14H,6-7H2,1-3H3/i1D3,2D3,6D2,7D2. The molecule has 1 aromatic heterocycles. The Morgan fingerprint density at radius 1 is 1.50 bits per heavy atom. The number of ether oxygens (including phenoxy) is 1. The molecular weight excluding hydrogens is 200 g/mol. The predicted octanol–water partition coefficient (Wildman–Crippen LogP) is 2.28. The molecule has 0 aliphatic heterocycles. The van der Waals surface area contributed by atoms with Gasteiger partial charge in [0.1, 0.15) is 5.75 Å². The van der Waals surface area contributed by atoms with E-state index in [-0.39, 0.29) is 15.8 Å². The molecule has 1 heterocycles. The number of hydrogen-bond donors (Lipinski definition) is 1. The van der Waals surface area contributed by atoms with Crippen LogP contribution in [0.25, 0.3) is 10.9 Å².